The van der Waals surface area contributed by atoms with Crippen LogP contribution in [0.4, 0.5) is 5.69 Å². The summed E-state index contributed by atoms with van der Waals surface area (Å²) in [7, 11) is 1.65. The second-order valence-corrected chi connectivity index (χ2v) is 4.76. The van der Waals surface area contributed by atoms with Crippen molar-refractivity contribution in [2.24, 2.45) is 5.73 Å². The summed E-state index contributed by atoms with van der Waals surface area (Å²) in [5, 5.41) is 3.36. The van der Waals surface area contributed by atoms with Gasteiger partial charge in [0.05, 0.1) is 19.0 Å². The maximum atomic E-state index is 6.18. The Morgan fingerprint density at radius 1 is 1.30 bits per heavy atom. The summed E-state index contributed by atoms with van der Waals surface area (Å²) >= 11 is 0. The van der Waals surface area contributed by atoms with Crippen LogP contribution in [0.1, 0.15) is 23.7 Å². The predicted molar refractivity (Wildman–Crippen MR) is 82.0 cm³/mol. The van der Waals surface area contributed by atoms with Crippen molar-refractivity contribution in [1.82, 2.24) is 4.98 Å². The lowest BCUT2D eigenvalue weighted by molar-refractivity contribution is 0.414. The Kier molecular flexibility index (Phi) is 4.96. The molecule has 2 rings (SSSR count). The monoisotopic (exact) mass is 271 g/mol. The first-order chi connectivity index (χ1) is 9.70. The molecule has 2 aromatic rings. The molecule has 3 N–H and O–H groups in total. The van der Waals surface area contributed by atoms with E-state index in [9.17, 15) is 0 Å². The molecule has 0 spiro atoms. The van der Waals surface area contributed by atoms with Gasteiger partial charge in [-0.15, -0.1) is 0 Å². The summed E-state index contributed by atoms with van der Waals surface area (Å²) < 4.78 is 5.29. The van der Waals surface area contributed by atoms with E-state index in [1.54, 1.807) is 13.3 Å². The maximum absolute atomic E-state index is 6.18. The Labute approximate surface area is 120 Å². The molecule has 0 bridgehead atoms. The first-order valence-corrected chi connectivity index (χ1v) is 6.75. The largest absolute Gasteiger partial charge is 0.493 e. The molecule has 0 saturated heterocycles. The molecule has 1 unspecified atom stereocenters. The molecule has 0 saturated carbocycles. The van der Waals surface area contributed by atoms with E-state index in [0.717, 1.165) is 35.7 Å². The molecular weight excluding hydrogens is 250 g/mol. The molecule has 1 aromatic heterocycles. The van der Waals surface area contributed by atoms with Crippen LogP contribution >= 0.6 is 0 Å². The maximum Gasteiger partial charge on any atom is 0.160 e. The number of ether oxygens (including phenoxy) is 1. The Morgan fingerprint density at radius 2 is 2.05 bits per heavy atom. The average Bonchev–Trinajstić information content (AvgIpc) is 2.48. The summed E-state index contributed by atoms with van der Waals surface area (Å²) in [4.78, 5) is 4.21. The third kappa shape index (κ3) is 3.71. The van der Waals surface area contributed by atoms with Gasteiger partial charge in [0.1, 0.15) is 0 Å². The van der Waals surface area contributed by atoms with E-state index >= 15 is 0 Å². The van der Waals surface area contributed by atoms with Crippen LogP contribution in [-0.4, -0.2) is 18.6 Å². The van der Waals surface area contributed by atoms with E-state index in [-0.39, 0.29) is 6.04 Å². The SMILES string of the molecule is COc1cnc(C)cc1NCCC(N)c1ccccc1. The number of methoxy groups -OCH3 is 1. The van der Waals surface area contributed by atoms with Crippen molar-refractivity contribution in [3.8, 4) is 5.75 Å². The predicted octanol–water partition coefficient (Wildman–Crippen LogP) is 2.90. The molecule has 1 heterocycles. The first kappa shape index (κ1) is 14.3. The zero-order valence-electron chi connectivity index (χ0n) is 12.0. The third-order valence-electron chi connectivity index (χ3n) is 3.22. The number of aryl methyl sites for hydroxylation is 1. The zero-order chi connectivity index (χ0) is 14.4. The molecule has 4 heteroatoms. The number of rotatable bonds is 6. The van der Waals surface area contributed by atoms with Gasteiger partial charge >= 0.3 is 0 Å². The van der Waals surface area contributed by atoms with Crippen molar-refractivity contribution in [3.63, 3.8) is 0 Å². The Bertz CT molecular complexity index is 543. The van der Waals surface area contributed by atoms with Gasteiger partial charge in [0.25, 0.3) is 0 Å². The summed E-state index contributed by atoms with van der Waals surface area (Å²) in [6, 6.07) is 12.2. The van der Waals surface area contributed by atoms with E-state index in [4.69, 9.17) is 10.5 Å². The molecule has 0 fully saturated rings. The molecular formula is C16H21N3O. The van der Waals surface area contributed by atoms with Crippen LogP contribution < -0.4 is 15.8 Å². The lowest BCUT2D eigenvalue weighted by atomic mass is 10.1. The topological polar surface area (TPSA) is 60.2 Å². The fraction of sp³-hybridized carbons (Fsp3) is 0.312. The molecule has 0 radical (unpaired) electrons. The number of hydrogen-bond donors (Lipinski definition) is 2. The molecule has 1 atom stereocenters. The van der Waals surface area contributed by atoms with Gasteiger partial charge in [-0.2, -0.15) is 0 Å². The van der Waals surface area contributed by atoms with Crippen LogP contribution in [0.5, 0.6) is 5.75 Å². The van der Waals surface area contributed by atoms with E-state index in [1.165, 1.54) is 0 Å². The summed E-state index contributed by atoms with van der Waals surface area (Å²) in [5.41, 5.74) is 9.25. The molecule has 4 nitrogen and oxygen atoms in total. The number of aromatic nitrogens is 1. The summed E-state index contributed by atoms with van der Waals surface area (Å²) in [6.07, 6.45) is 2.59. The highest BCUT2D eigenvalue weighted by Crippen LogP contribution is 2.24. The minimum atomic E-state index is 0.0395. The Hall–Kier alpha value is -2.07. The molecule has 0 aliphatic heterocycles. The van der Waals surface area contributed by atoms with Crippen LogP contribution in [0.15, 0.2) is 42.6 Å². The molecule has 1 aromatic carbocycles. The zero-order valence-corrected chi connectivity index (χ0v) is 12.0. The van der Waals surface area contributed by atoms with Crippen molar-refractivity contribution in [1.29, 1.82) is 0 Å². The lowest BCUT2D eigenvalue weighted by Crippen LogP contribution is -2.15. The van der Waals surface area contributed by atoms with Crippen molar-refractivity contribution in [3.05, 3.63) is 53.9 Å². The second kappa shape index (κ2) is 6.91. The van der Waals surface area contributed by atoms with Gasteiger partial charge in [-0.3, -0.25) is 4.98 Å². The third-order valence-corrected chi connectivity index (χ3v) is 3.22. The Balaban J connectivity index is 1.91. The van der Waals surface area contributed by atoms with Crippen molar-refractivity contribution in [2.45, 2.75) is 19.4 Å². The van der Waals surface area contributed by atoms with Gasteiger partial charge in [-0.25, -0.2) is 0 Å². The standard InChI is InChI=1S/C16H21N3O/c1-12-10-15(16(20-2)11-19-12)18-9-8-14(17)13-6-4-3-5-7-13/h3-7,10-11,14H,8-9,17H2,1-2H3,(H,18,19). The van der Waals surface area contributed by atoms with Crippen LogP contribution in [0, 0.1) is 6.92 Å². The highest BCUT2D eigenvalue weighted by molar-refractivity contribution is 5.55. The number of nitrogens with two attached hydrogens (primary N) is 1. The highest BCUT2D eigenvalue weighted by atomic mass is 16.5. The number of hydrogen-bond acceptors (Lipinski definition) is 4. The van der Waals surface area contributed by atoms with Crippen molar-refractivity contribution in [2.75, 3.05) is 19.0 Å². The first-order valence-electron chi connectivity index (χ1n) is 6.75. The van der Waals surface area contributed by atoms with Gasteiger partial charge in [-0.05, 0) is 25.0 Å². The van der Waals surface area contributed by atoms with Crippen LogP contribution in [0.3, 0.4) is 0 Å². The highest BCUT2D eigenvalue weighted by Gasteiger charge is 2.07. The quantitative estimate of drug-likeness (QED) is 0.848. The molecule has 20 heavy (non-hydrogen) atoms. The summed E-state index contributed by atoms with van der Waals surface area (Å²) in [5.74, 6) is 0.754. The van der Waals surface area contributed by atoms with E-state index < -0.39 is 0 Å². The minimum Gasteiger partial charge on any atom is -0.493 e. The number of pyridine rings is 1. The van der Waals surface area contributed by atoms with Gasteiger partial charge in [0, 0.05) is 18.3 Å². The van der Waals surface area contributed by atoms with E-state index in [0.29, 0.717) is 0 Å². The molecule has 0 aliphatic carbocycles. The molecule has 106 valence electrons. The number of anilines is 1. The second-order valence-electron chi connectivity index (χ2n) is 4.76. The van der Waals surface area contributed by atoms with Crippen LogP contribution in [-0.2, 0) is 0 Å². The lowest BCUT2D eigenvalue weighted by Gasteiger charge is -2.15. The smallest absolute Gasteiger partial charge is 0.160 e. The normalized spacial score (nSPS) is 11.9. The molecule has 0 amide bonds. The van der Waals surface area contributed by atoms with E-state index in [2.05, 4.69) is 22.4 Å². The van der Waals surface area contributed by atoms with Gasteiger partial charge in [-0.1, -0.05) is 30.3 Å². The summed E-state index contributed by atoms with van der Waals surface area (Å²) in [6.45, 7) is 2.75. The van der Waals surface area contributed by atoms with E-state index in [1.807, 2.05) is 31.2 Å². The number of nitrogens with one attached hydrogen (secondary N) is 1. The van der Waals surface area contributed by atoms with Crippen molar-refractivity contribution < 1.29 is 4.74 Å². The average molecular weight is 271 g/mol. The van der Waals surface area contributed by atoms with Gasteiger partial charge in [0.15, 0.2) is 5.75 Å². The van der Waals surface area contributed by atoms with Crippen LogP contribution in [0.25, 0.3) is 0 Å². The number of nitrogens with zero attached hydrogens (tertiary/aromatic N) is 1. The molecule has 0 aliphatic rings. The van der Waals surface area contributed by atoms with Crippen molar-refractivity contribution >= 4 is 5.69 Å². The fourth-order valence-electron chi connectivity index (χ4n) is 2.08. The fourth-order valence-corrected chi connectivity index (χ4v) is 2.08. The van der Waals surface area contributed by atoms with Gasteiger partial charge < -0.3 is 15.8 Å². The Morgan fingerprint density at radius 3 is 2.75 bits per heavy atom. The minimum absolute atomic E-state index is 0.0395. The van der Waals surface area contributed by atoms with Gasteiger partial charge in [0.2, 0.25) is 0 Å². The number of benzene rings is 1. The van der Waals surface area contributed by atoms with Crippen LogP contribution in [0.2, 0.25) is 0 Å².